The number of hydrogen-bond acceptors (Lipinski definition) is 8. The number of aromatic amines is 2. The normalized spacial score (nSPS) is 23.3. The highest BCUT2D eigenvalue weighted by molar-refractivity contribution is 5.89. The molecule has 8 unspecified atom stereocenters. The highest BCUT2D eigenvalue weighted by Crippen LogP contribution is 2.56. The number of carbonyl (C=O) groups is 4. The van der Waals surface area contributed by atoms with Crippen molar-refractivity contribution in [3.63, 3.8) is 0 Å². The van der Waals surface area contributed by atoms with Crippen LogP contribution in [0.3, 0.4) is 0 Å². The fraction of sp³-hybridized carbons (Fsp3) is 0.469. The molecule has 1 saturated carbocycles. The van der Waals surface area contributed by atoms with E-state index < -0.39 is 48.7 Å². The van der Waals surface area contributed by atoms with Crippen LogP contribution >= 0.6 is 0 Å². The number of nitrogens with one attached hydrogen (secondary N) is 4. The van der Waals surface area contributed by atoms with Crippen LogP contribution in [-0.4, -0.2) is 105 Å². The molecule has 2 saturated heterocycles. The standard InChI is InChI=1S/C49H56F2N8O6/c1-24(2)42(56-48(62)64-5)46(60)58-22-30(50)19-39(58)44-52-21-38(55-44)27-9-7-26(8-10-27)33-15-14-32(35-17-28-11-13-34(28)41(33)35)29-12-16-36-37(18-29)54-45(53-36)40-20-31(51)23-59(40)47(61)43(25(3)4)57-49(63)65-6/h7-10,12,14-16,18,21,24-25,28,30-31,34,39-40,42-43H,11,13,17,19-20,22-23H2,1-6H3,(H,52,55)(H,53,54)(H,56,62)(H,57,63). The molecule has 2 aliphatic carbocycles. The summed E-state index contributed by atoms with van der Waals surface area (Å²) in [4.78, 5) is 70.7. The van der Waals surface area contributed by atoms with Crippen LogP contribution in [0.1, 0.15) is 94.2 Å². The zero-order valence-corrected chi connectivity index (χ0v) is 37.5. The van der Waals surface area contributed by atoms with E-state index in [1.165, 1.54) is 52.7 Å². The Morgan fingerprint density at radius 2 is 1.29 bits per heavy atom. The minimum absolute atomic E-state index is 0.0883. The number of methoxy groups -OCH3 is 2. The maximum Gasteiger partial charge on any atom is 0.407 e. The van der Waals surface area contributed by atoms with E-state index in [9.17, 15) is 23.6 Å². The number of ether oxygens (including phenoxy) is 2. The second kappa shape index (κ2) is 17.6. The first-order valence-electron chi connectivity index (χ1n) is 22.6. The molecule has 8 atom stereocenters. The summed E-state index contributed by atoms with van der Waals surface area (Å²) in [6.45, 7) is 7.10. The summed E-state index contributed by atoms with van der Waals surface area (Å²) < 4.78 is 39.5. The maximum atomic E-state index is 15.0. The van der Waals surface area contributed by atoms with Gasteiger partial charge in [-0.3, -0.25) is 9.59 Å². The summed E-state index contributed by atoms with van der Waals surface area (Å²) in [6, 6.07) is 15.9. The van der Waals surface area contributed by atoms with E-state index in [1.54, 1.807) is 6.20 Å². The number of H-pyrrole nitrogens is 2. The van der Waals surface area contributed by atoms with E-state index in [4.69, 9.17) is 14.5 Å². The van der Waals surface area contributed by atoms with Gasteiger partial charge >= 0.3 is 12.2 Å². The van der Waals surface area contributed by atoms with Gasteiger partial charge in [0.25, 0.3) is 0 Å². The van der Waals surface area contributed by atoms with Gasteiger partial charge in [-0.15, -0.1) is 0 Å². The van der Waals surface area contributed by atoms with Crippen molar-refractivity contribution in [1.29, 1.82) is 0 Å². The average Bonchev–Trinajstić information content (AvgIpc) is 4.13. The third-order valence-corrected chi connectivity index (χ3v) is 14.0. The predicted molar refractivity (Wildman–Crippen MR) is 240 cm³/mol. The van der Waals surface area contributed by atoms with Crippen LogP contribution in [0, 0.1) is 17.8 Å². The first-order valence-corrected chi connectivity index (χ1v) is 22.6. The number of benzene rings is 3. The molecule has 4 heterocycles. The summed E-state index contributed by atoms with van der Waals surface area (Å²) in [5.74, 6) is 0.821. The number of alkyl halides is 2. The second-order valence-corrected chi connectivity index (χ2v) is 18.7. The van der Waals surface area contributed by atoms with Crippen LogP contribution in [0.2, 0.25) is 0 Å². The van der Waals surface area contributed by atoms with Crippen molar-refractivity contribution in [2.75, 3.05) is 27.3 Å². The van der Waals surface area contributed by atoms with E-state index in [2.05, 4.69) is 74.1 Å². The second-order valence-electron chi connectivity index (χ2n) is 18.7. The number of halogens is 2. The zero-order chi connectivity index (χ0) is 45.8. The van der Waals surface area contributed by atoms with E-state index in [1.807, 2.05) is 33.8 Å². The quantitative estimate of drug-likeness (QED) is 0.102. The number of aromatic nitrogens is 4. The molecule has 14 nitrogen and oxygen atoms in total. The molecule has 65 heavy (non-hydrogen) atoms. The molecule has 5 aromatic rings. The summed E-state index contributed by atoms with van der Waals surface area (Å²) in [5, 5.41) is 5.23. The van der Waals surface area contributed by atoms with E-state index in [-0.39, 0.29) is 49.6 Å². The van der Waals surface area contributed by atoms with Crippen molar-refractivity contribution in [2.45, 2.75) is 102 Å². The fourth-order valence-corrected chi connectivity index (χ4v) is 10.5. The number of fused-ring (bicyclic) bond motifs is 4. The summed E-state index contributed by atoms with van der Waals surface area (Å²) in [6.07, 6.45) is 1.34. The number of likely N-dealkylation sites (tertiary alicyclic amines) is 2. The summed E-state index contributed by atoms with van der Waals surface area (Å²) >= 11 is 0. The van der Waals surface area contributed by atoms with Gasteiger partial charge in [-0.2, -0.15) is 0 Å². The van der Waals surface area contributed by atoms with Gasteiger partial charge in [0, 0.05) is 12.8 Å². The molecular formula is C49H56F2N8O6. The highest BCUT2D eigenvalue weighted by Gasteiger charge is 2.44. The minimum atomic E-state index is -1.23. The monoisotopic (exact) mass is 890 g/mol. The smallest absolute Gasteiger partial charge is 0.407 e. The largest absolute Gasteiger partial charge is 0.453 e. The third kappa shape index (κ3) is 8.20. The molecule has 342 valence electrons. The SMILES string of the molecule is COC(=O)NC(C(=O)N1CC(F)CC1c1ncc(-c2ccc(-c3ccc(-c4ccc5nc(C6CC(F)CN6C(=O)C(NC(=O)OC)C(C)C)[nH]c5c4)c4c3C3CCC3C4)cc2)[nH]1)C(C)C. The molecular weight excluding hydrogens is 835 g/mol. The Bertz CT molecular complexity index is 2630. The topological polar surface area (TPSA) is 175 Å². The summed E-state index contributed by atoms with van der Waals surface area (Å²) in [5.41, 5.74) is 10.4. The van der Waals surface area contributed by atoms with Crippen LogP contribution in [0.4, 0.5) is 18.4 Å². The molecule has 4 N–H and O–H groups in total. The molecule has 9 rings (SSSR count). The fourth-order valence-electron chi connectivity index (χ4n) is 10.5. The molecule has 4 amide bonds. The van der Waals surface area contributed by atoms with Crippen LogP contribution in [0.15, 0.2) is 60.8 Å². The van der Waals surface area contributed by atoms with Crippen LogP contribution in [-0.2, 0) is 25.5 Å². The number of amides is 4. The number of carbonyl (C=O) groups excluding carboxylic acids is 4. The molecule has 16 heteroatoms. The Balaban J connectivity index is 0.957. The van der Waals surface area contributed by atoms with Crippen molar-refractivity contribution < 1.29 is 37.4 Å². The molecule has 2 aliphatic heterocycles. The summed E-state index contributed by atoms with van der Waals surface area (Å²) in [7, 11) is 2.48. The Labute approximate surface area is 376 Å². The predicted octanol–water partition coefficient (Wildman–Crippen LogP) is 8.32. The number of alkyl carbamates (subject to hydrolysis) is 2. The Kier molecular flexibility index (Phi) is 11.9. The van der Waals surface area contributed by atoms with Gasteiger partial charge in [-0.05, 0) is 94.0 Å². The Morgan fingerprint density at radius 1 is 0.723 bits per heavy atom. The molecule has 3 aromatic carbocycles. The molecule has 0 radical (unpaired) electrons. The lowest BCUT2D eigenvalue weighted by Crippen LogP contribution is -2.51. The Hall–Kier alpha value is -6.32. The van der Waals surface area contributed by atoms with Gasteiger partial charge in [0.2, 0.25) is 11.8 Å². The van der Waals surface area contributed by atoms with Crippen molar-refractivity contribution in [3.8, 4) is 33.5 Å². The number of imidazole rings is 2. The first-order chi connectivity index (χ1) is 31.2. The maximum absolute atomic E-state index is 15.0. The van der Waals surface area contributed by atoms with Gasteiger partial charge < -0.3 is 39.9 Å². The van der Waals surface area contributed by atoms with E-state index in [0.29, 0.717) is 23.5 Å². The number of hydrogen-bond donors (Lipinski definition) is 4. The van der Waals surface area contributed by atoms with Crippen molar-refractivity contribution in [1.82, 2.24) is 40.4 Å². The average molecular weight is 891 g/mol. The van der Waals surface area contributed by atoms with E-state index in [0.717, 1.165) is 46.3 Å². The van der Waals surface area contributed by atoms with Crippen molar-refractivity contribution >= 4 is 35.0 Å². The van der Waals surface area contributed by atoms with E-state index >= 15 is 4.39 Å². The van der Waals surface area contributed by atoms with Crippen molar-refractivity contribution in [3.05, 3.63) is 83.6 Å². The zero-order valence-electron chi connectivity index (χ0n) is 37.5. The number of rotatable bonds is 11. The molecule has 0 spiro atoms. The van der Waals surface area contributed by atoms with Gasteiger partial charge in [0.15, 0.2) is 0 Å². The third-order valence-electron chi connectivity index (χ3n) is 14.0. The van der Waals surface area contributed by atoms with Crippen LogP contribution < -0.4 is 10.6 Å². The molecule has 0 bridgehead atoms. The molecule has 3 fully saturated rings. The lowest BCUT2D eigenvalue weighted by atomic mass is 9.73. The Morgan fingerprint density at radius 3 is 1.86 bits per heavy atom. The number of nitrogens with zero attached hydrogens (tertiary/aromatic N) is 4. The van der Waals surface area contributed by atoms with Crippen molar-refractivity contribution in [2.24, 2.45) is 17.8 Å². The molecule has 4 aliphatic rings. The molecule has 2 aromatic heterocycles. The van der Waals surface area contributed by atoms with Crippen LogP contribution in [0.25, 0.3) is 44.5 Å². The minimum Gasteiger partial charge on any atom is -0.453 e. The lowest BCUT2D eigenvalue weighted by Gasteiger charge is -2.31. The van der Waals surface area contributed by atoms with Gasteiger partial charge in [-0.25, -0.2) is 28.3 Å². The first kappa shape index (κ1) is 43.9. The van der Waals surface area contributed by atoms with Gasteiger partial charge in [0.1, 0.15) is 36.1 Å². The van der Waals surface area contributed by atoms with Gasteiger partial charge in [-0.1, -0.05) is 70.2 Å². The van der Waals surface area contributed by atoms with Gasteiger partial charge in [0.05, 0.1) is 62.3 Å². The highest BCUT2D eigenvalue weighted by atomic mass is 19.1. The lowest BCUT2D eigenvalue weighted by molar-refractivity contribution is -0.136. The van der Waals surface area contributed by atoms with Crippen LogP contribution in [0.5, 0.6) is 0 Å².